The van der Waals surface area contributed by atoms with Gasteiger partial charge in [-0.05, 0) is 31.6 Å². The van der Waals surface area contributed by atoms with Gasteiger partial charge in [-0.2, -0.15) is 0 Å². The zero-order valence-corrected chi connectivity index (χ0v) is 10.4. The number of rotatable bonds is 3. The van der Waals surface area contributed by atoms with Crippen molar-refractivity contribution in [1.82, 2.24) is 4.90 Å². The number of fused-ring (bicyclic) bond motifs is 1. The molecule has 1 amide bonds. The Bertz CT molecular complexity index is 263. The van der Waals surface area contributed by atoms with Crippen LogP contribution in [0.2, 0.25) is 0 Å². The van der Waals surface area contributed by atoms with Crippen LogP contribution in [0.5, 0.6) is 0 Å². The van der Waals surface area contributed by atoms with E-state index in [0.29, 0.717) is 17.7 Å². The molecule has 1 aliphatic carbocycles. The van der Waals surface area contributed by atoms with Gasteiger partial charge < -0.3 is 10.0 Å². The molecule has 2 aliphatic rings. The van der Waals surface area contributed by atoms with Crippen LogP contribution in [0.3, 0.4) is 0 Å². The summed E-state index contributed by atoms with van der Waals surface area (Å²) in [6.45, 7) is 5.84. The number of carbonyl (C=O) groups excluding carboxylic acids is 1. The predicted molar refractivity (Wildman–Crippen MR) is 62.9 cm³/mol. The third-order valence-electron chi connectivity index (χ3n) is 4.47. The lowest BCUT2D eigenvalue weighted by Crippen LogP contribution is -2.35. The van der Waals surface area contributed by atoms with Gasteiger partial charge in [0.1, 0.15) is 0 Å². The van der Waals surface area contributed by atoms with Crippen molar-refractivity contribution in [3.05, 3.63) is 0 Å². The summed E-state index contributed by atoms with van der Waals surface area (Å²) in [7, 11) is 0. The predicted octanol–water partition coefficient (Wildman–Crippen LogP) is 1.65. The maximum atomic E-state index is 12.2. The molecule has 3 atom stereocenters. The first-order valence-corrected chi connectivity index (χ1v) is 6.64. The minimum Gasteiger partial charge on any atom is -0.393 e. The van der Waals surface area contributed by atoms with Crippen molar-refractivity contribution in [3.8, 4) is 0 Å². The Hall–Kier alpha value is -0.570. The van der Waals surface area contributed by atoms with Crippen LogP contribution in [0.1, 0.15) is 39.5 Å². The second-order valence-corrected chi connectivity index (χ2v) is 5.33. The van der Waals surface area contributed by atoms with Gasteiger partial charge in [0.05, 0.1) is 6.10 Å². The average Bonchev–Trinajstić information content (AvgIpc) is 2.83. The first kappa shape index (κ1) is 11.9. The molecule has 2 fully saturated rings. The monoisotopic (exact) mass is 225 g/mol. The lowest BCUT2D eigenvalue weighted by atomic mass is 10.00. The van der Waals surface area contributed by atoms with E-state index in [9.17, 15) is 9.90 Å². The van der Waals surface area contributed by atoms with E-state index in [2.05, 4.69) is 13.8 Å². The van der Waals surface area contributed by atoms with E-state index < -0.39 is 0 Å². The topological polar surface area (TPSA) is 40.5 Å². The molecule has 1 saturated carbocycles. The van der Waals surface area contributed by atoms with Gasteiger partial charge in [-0.15, -0.1) is 0 Å². The number of hydrogen-bond donors (Lipinski definition) is 1. The SMILES string of the molecule is CCC(CC)C(=O)N1C[C@@H]2CC[C@H](O)[C@@H]2C1. The summed E-state index contributed by atoms with van der Waals surface area (Å²) in [4.78, 5) is 14.2. The molecule has 1 aliphatic heterocycles. The zero-order valence-electron chi connectivity index (χ0n) is 10.4. The summed E-state index contributed by atoms with van der Waals surface area (Å²) in [6, 6.07) is 0. The Balaban J connectivity index is 1.96. The highest BCUT2D eigenvalue weighted by Crippen LogP contribution is 2.38. The van der Waals surface area contributed by atoms with Crippen LogP contribution < -0.4 is 0 Å². The molecule has 2 rings (SSSR count). The van der Waals surface area contributed by atoms with E-state index >= 15 is 0 Å². The Morgan fingerprint density at radius 3 is 2.56 bits per heavy atom. The van der Waals surface area contributed by atoms with Gasteiger partial charge in [0, 0.05) is 24.9 Å². The summed E-state index contributed by atoms with van der Waals surface area (Å²) >= 11 is 0. The fraction of sp³-hybridized carbons (Fsp3) is 0.923. The highest BCUT2D eigenvalue weighted by Gasteiger charge is 2.43. The van der Waals surface area contributed by atoms with Gasteiger partial charge in [0.15, 0.2) is 0 Å². The third kappa shape index (κ3) is 1.97. The van der Waals surface area contributed by atoms with Gasteiger partial charge in [-0.25, -0.2) is 0 Å². The van der Waals surface area contributed by atoms with Gasteiger partial charge >= 0.3 is 0 Å². The molecule has 92 valence electrons. The Morgan fingerprint density at radius 2 is 2.00 bits per heavy atom. The first-order chi connectivity index (χ1) is 7.67. The molecule has 1 N–H and O–H groups in total. The molecular weight excluding hydrogens is 202 g/mol. The quantitative estimate of drug-likeness (QED) is 0.793. The number of aliphatic hydroxyl groups excluding tert-OH is 1. The van der Waals surface area contributed by atoms with Gasteiger partial charge in [0.25, 0.3) is 0 Å². The maximum absolute atomic E-state index is 12.2. The lowest BCUT2D eigenvalue weighted by molar-refractivity contribution is -0.135. The molecular formula is C13H23NO2. The largest absolute Gasteiger partial charge is 0.393 e. The molecule has 3 nitrogen and oxygen atoms in total. The van der Waals surface area contributed by atoms with Crippen molar-refractivity contribution >= 4 is 5.91 Å². The van der Waals surface area contributed by atoms with Gasteiger partial charge in [-0.1, -0.05) is 13.8 Å². The van der Waals surface area contributed by atoms with Crippen LogP contribution in [0.4, 0.5) is 0 Å². The Labute approximate surface area is 97.8 Å². The van der Waals surface area contributed by atoms with Crippen molar-refractivity contribution in [1.29, 1.82) is 0 Å². The number of carbonyl (C=O) groups is 1. The van der Waals surface area contributed by atoms with Crippen LogP contribution >= 0.6 is 0 Å². The van der Waals surface area contributed by atoms with Crippen LogP contribution in [-0.2, 0) is 4.79 Å². The lowest BCUT2D eigenvalue weighted by Gasteiger charge is -2.23. The molecule has 0 aromatic rings. The highest BCUT2D eigenvalue weighted by molar-refractivity contribution is 5.79. The van der Waals surface area contributed by atoms with Crippen LogP contribution in [0.15, 0.2) is 0 Å². The van der Waals surface area contributed by atoms with Crippen molar-refractivity contribution in [2.45, 2.75) is 45.6 Å². The standard InChI is InChI=1S/C13H23NO2/c1-3-9(4-2)13(16)14-7-10-5-6-12(15)11(10)8-14/h9-12,15H,3-8H2,1-2H3/t10-,11+,12-/m0/s1. The molecule has 1 heterocycles. The highest BCUT2D eigenvalue weighted by atomic mass is 16.3. The van der Waals surface area contributed by atoms with Crippen molar-refractivity contribution in [2.75, 3.05) is 13.1 Å². The summed E-state index contributed by atoms with van der Waals surface area (Å²) in [6.07, 6.45) is 3.73. The summed E-state index contributed by atoms with van der Waals surface area (Å²) < 4.78 is 0. The van der Waals surface area contributed by atoms with Crippen LogP contribution in [0, 0.1) is 17.8 Å². The number of likely N-dealkylation sites (tertiary alicyclic amines) is 1. The fourth-order valence-corrected chi connectivity index (χ4v) is 3.31. The molecule has 1 saturated heterocycles. The second-order valence-electron chi connectivity index (χ2n) is 5.33. The number of amides is 1. The van der Waals surface area contributed by atoms with E-state index in [1.807, 2.05) is 4.90 Å². The van der Waals surface area contributed by atoms with Crippen LogP contribution in [-0.4, -0.2) is 35.1 Å². The molecule has 0 unspecified atom stereocenters. The molecule has 0 aromatic heterocycles. The maximum Gasteiger partial charge on any atom is 0.225 e. The van der Waals surface area contributed by atoms with Crippen molar-refractivity contribution < 1.29 is 9.90 Å². The second kappa shape index (κ2) is 4.74. The van der Waals surface area contributed by atoms with E-state index in [-0.39, 0.29) is 12.0 Å². The van der Waals surface area contributed by atoms with E-state index in [1.165, 1.54) is 0 Å². The summed E-state index contributed by atoms with van der Waals surface area (Å²) in [5.74, 6) is 1.43. The van der Waals surface area contributed by atoms with Gasteiger partial charge in [0.2, 0.25) is 5.91 Å². The number of aliphatic hydroxyl groups is 1. The minimum absolute atomic E-state index is 0.162. The fourth-order valence-electron chi connectivity index (χ4n) is 3.31. The average molecular weight is 225 g/mol. The van der Waals surface area contributed by atoms with Crippen LogP contribution in [0.25, 0.3) is 0 Å². The zero-order chi connectivity index (χ0) is 11.7. The van der Waals surface area contributed by atoms with E-state index in [0.717, 1.165) is 38.8 Å². The molecule has 3 heteroatoms. The molecule has 0 radical (unpaired) electrons. The Morgan fingerprint density at radius 1 is 1.31 bits per heavy atom. The van der Waals surface area contributed by atoms with Gasteiger partial charge in [-0.3, -0.25) is 4.79 Å². The van der Waals surface area contributed by atoms with Crippen molar-refractivity contribution in [3.63, 3.8) is 0 Å². The molecule has 0 spiro atoms. The smallest absolute Gasteiger partial charge is 0.225 e. The molecule has 0 bridgehead atoms. The first-order valence-electron chi connectivity index (χ1n) is 6.64. The Kier molecular flexibility index (Phi) is 3.53. The normalized spacial score (nSPS) is 33.5. The third-order valence-corrected chi connectivity index (χ3v) is 4.47. The number of nitrogens with zero attached hydrogens (tertiary/aromatic N) is 1. The minimum atomic E-state index is -0.162. The summed E-state index contributed by atoms with van der Waals surface area (Å²) in [5.41, 5.74) is 0. The van der Waals surface area contributed by atoms with Crippen molar-refractivity contribution in [2.24, 2.45) is 17.8 Å². The van der Waals surface area contributed by atoms with E-state index in [4.69, 9.17) is 0 Å². The van der Waals surface area contributed by atoms with E-state index in [1.54, 1.807) is 0 Å². The molecule has 0 aromatic carbocycles. The summed E-state index contributed by atoms with van der Waals surface area (Å²) in [5, 5.41) is 9.81. The number of hydrogen-bond acceptors (Lipinski definition) is 2. The molecule has 16 heavy (non-hydrogen) atoms.